The van der Waals surface area contributed by atoms with E-state index >= 15 is 0 Å². The Morgan fingerprint density at radius 2 is 1.91 bits per heavy atom. The van der Waals surface area contributed by atoms with Gasteiger partial charge in [0.2, 0.25) is 0 Å². The van der Waals surface area contributed by atoms with Crippen molar-refractivity contribution in [2.24, 2.45) is 0 Å². The zero-order valence-electron chi connectivity index (χ0n) is 12.9. The Bertz CT molecular complexity index is 654. The number of H-pyrrole nitrogens is 1. The molecule has 1 N–H and O–H groups in total. The average molecular weight is 318 g/mol. The number of ether oxygens (including phenoxy) is 1. The fraction of sp³-hybridized carbons (Fsp3) is 0.471. The van der Waals surface area contributed by atoms with Crippen LogP contribution in [-0.4, -0.2) is 29.6 Å². The maximum Gasteiger partial charge on any atom is 0.305 e. The number of piperidine rings is 1. The number of hydrogen-bond donors (Lipinski definition) is 1. The van der Waals surface area contributed by atoms with Crippen LogP contribution in [0.4, 0.5) is 0 Å². The van der Waals surface area contributed by atoms with E-state index in [9.17, 15) is 4.79 Å². The molecule has 0 amide bonds. The first-order valence-corrected chi connectivity index (χ1v) is 8.75. The number of rotatable bonds is 5. The molecule has 1 fully saturated rings. The van der Waals surface area contributed by atoms with Crippen LogP contribution in [0.3, 0.4) is 0 Å². The first-order chi connectivity index (χ1) is 10.8. The summed E-state index contributed by atoms with van der Waals surface area (Å²) in [6, 6.07) is 7.95. The monoisotopic (exact) mass is 318 g/mol. The smallest absolute Gasteiger partial charge is 0.305 e. The molecule has 1 aromatic heterocycles. The highest BCUT2D eigenvalue weighted by Gasteiger charge is 2.16. The van der Waals surface area contributed by atoms with Crippen LogP contribution in [-0.2, 0) is 6.54 Å². The summed E-state index contributed by atoms with van der Waals surface area (Å²) < 4.78 is 5.48. The van der Waals surface area contributed by atoms with Gasteiger partial charge in [-0.3, -0.25) is 9.69 Å². The van der Waals surface area contributed by atoms with E-state index in [4.69, 9.17) is 4.74 Å². The van der Waals surface area contributed by atoms with E-state index in [2.05, 4.69) is 9.88 Å². The summed E-state index contributed by atoms with van der Waals surface area (Å²) in [5.74, 6) is 0.862. The molecule has 0 spiro atoms. The molecule has 2 aromatic rings. The van der Waals surface area contributed by atoms with Crippen LogP contribution in [0.2, 0.25) is 0 Å². The number of likely N-dealkylation sites (tertiary alicyclic amines) is 1. The van der Waals surface area contributed by atoms with Crippen molar-refractivity contribution >= 4 is 11.3 Å². The van der Waals surface area contributed by atoms with Gasteiger partial charge < -0.3 is 9.72 Å². The number of nitrogens with one attached hydrogen (secondary N) is 1. The lowest BCUT2D eigenvalue weighted by Gasteiger charge is -2.26. The Labute approximate surface area is 134 Å². The predicted molar refractivity (Wildman–Crippen MR) is 90.7 cm³/mol. The first kappa shape index (κ1) is 15.3. The van der Waals surface area contributed by atoms with Crippen LogP contribution in [0.1, 0.15) is 31.1 Å². The van der Waals surface area contributed by atoms with Crippen molar-refractivity contribution in [1.29, 1.82) is 0 Å². The molecule has 22 heavy (non-hydrogen) atoms. The summed E-state index contributed by atoms with van der Waals surface area (Å²) in [5.41, 5.74) is 2.01. The Morgan fingerprint density at radius 3 is 2.59 bits per heavy atom. The lowest BCUT2D eigenvalue weighted by Crippen LogP contribution is -2.28. The van der Waals surface area contributed by atoms with Crippen LogP contribution in [0.25, 0.3) is 11.3 Å². The third kappa shape index (κ3) is 3.59. The van der Waals surface area contributed by atoms with Crippen LogP contribution < -0.4 is 9.61 Å². The number of hydrogen-bond acceptors (Lipinski definition) is 4. The molecule has 0 atom stereocenters. The van der Waals surface area contributed by atoms with Gasteiger partial charge in [0.1, 0.15) is 5.75 Å². The summed E-state index contributed by atoms with van der Waals surface area (Å²) >= 11 is 1.33. The molecule has 2 heterocycles. The minimum atomic E-state index is 0.0240. The normalized spacial score (nSPS) is 15.9. The molecule has 0 aliphatic carbocycles. The maximum absolute atomic E-state index is 11.8. The second-order valence-corrected chi connectivity index (χ2v) is 6.67. The summed E-state index contributed by atoms with van der Waals surface area (Å²) in [4.78, 5) is 18.4. The highest BCUT2D eigenvalue weighted by atomic mass is 32.1. The first-order valence-electron chi connectivity index (χ1n) is 7.94. The second-order valence-electron chi connectivity index (χ2n) is 5.61. The molecule has 1 aliphatic heterocycles. The van der Waals surface area contributed by atoms with E-state index in [0.29, 0.717) is 6.61 Å². The topological polar surface area (TPSA) is 45.3 Å². The third-order valence-electron chi connectivity index (χ3n) is 3.99. The molecule has 0 unspecified atom stereocenters. The molecule has 4 nitrogen and oxygen atoms in total. The Balaban J connectivity index is 1.82. The number of aromatic nitrogens is 1. The van der Waals surface area contributed by atoms with Crippen LogP contribution >= 0.6 is 11.3 Å². The molecule has 0 radical (unpaired) electrons. The van der Waals surface area contributed by atoms with Crippen molar-refractivity contribution < 1.29 is 4.74 Å². The molecule has 1 saturated heterocycles. The van der Waals surface area contributed by atoms with E-state index in [1.54, 1.807) is 0 Å². The molecular formula is C17H22N2O2S. The fourth-order valence-electron chi connectivity index (χ4n) is 2.91. The van der Waals surface area contributed by atoms with Gasteiger partial charge >= 0.3 is 4.87 Å². The molecule has 0 saturated carbocycles. The highest BCUT2D eigenvalue weighted by molar-refractivity contribution is 7.09. The van der Waals surface area contributed by atoms with Gasteiger partial charge in [0.15, 0.2) is 0 Å². The molecule has 3 rings (SSSR count). The van der Waals surface area contributed by atoms with Gasteiger partial charge in [0.25, 0.3) is 0 Å². The van der Waals surface area contributed by atoms with Crippen molar-refractivity contribution in [3.05, 3.63) is 38.8 Å². The van der Waals surface area contributed by atoms with Crippen LogP contribution in [0.15, 0.2) is 29.1 Å². The molecule has 1 aliphatic rings. The van der Waals surface area contributed by atoms with Gasteiger partial charge in [-0.15, -0.1) is 0 Å². The van der Waals surface area contributed by atoms with Crippen molar-refractivity contribution in [2.45, 2.75) is 32.7 Å². The summed E-state index contributed by atoms with van der Waals surface area (Å²) in [5, 5.41) is 0. The summed E-state index contributed by atoms with van der Waals surface area (Å²) in [6.45, 7) is 5.77. The van der Waals surface area contributed by atoms with Gasteiger partial charge in [-0.2, -0.15) is 0 Å². The summed E-state index contributed by atoms with van der Waals surface area (Å²) in [7, 11) is 0. The molecule has 0 bridgehead atoms. The van der Waals surface area contributed by atoms with Gasteiger partial charge in [-0.1, -0.05) is 17.8 Å². The molecular weight excluding hydrogens is 296 g/mol. The highest BCUT2D eigenvalue weighted by Crippen LogP contribution is 2.27. The van der Waals surface area contributed by atoms with Crippen molar-refractivity contribution in [3.63, 3.8) is 0 Å². The second kappa shape index (κ2) is 7.11. The lowest BCUT2D eigenvalue weighted by molar-refractivity contribution is 0.223. The Morgan fingerprint density at radius 1 is 1.18 bits per heavy atom. The number of benzene rings is 1. The van der Waals surface area contributed by atoms with E-state index < -0.39 is 0 Å². The number of nitrogens with zero attached hydrogens (tertiary/aromatic N) is 1. The quantitative estimate of drug-likeness (QED) is 0.918. The van der Waals surface area contributed by atoms with Crippen molar-refractivity contribution in [3.8, 4) is 17.0 Å². The number of aromatic amines is 1. The molecule has 5 heteroatoms. The lowest BCUT2D eigenvalue weighted by atomic mass is 10.1. The van der Waals surface area contributed by atoms with E-state index in [1.807, 2.05) is 31.2 Å². The fourth-order valence-corrected chi connectivity index (χ4v) is 3.80. The Hall–Kier alpha value is -1.59. The number of thiazole rings is 1. The summed E-state index contributed by atoms with van der Waals surface area (Å²) in [6.07, 6.45) is 3.85. The van der Waals surface area contributed by atoms with Crippen LogP contribution in [0, 0.1) is 0 Å². The minimum Gasteiger partial charge on any atom is -0.494 e. The zero-order chi connectivity index (χ0) is 15.4. The van der Waals surface area contributed by atoms with Crippen LogP contribution in [0.5, 0.6) is 5.75 Å². The zero-order valence-corrected chi connectivity index (χ0v) is 13.7. The molecule has 1 aromatic carbocycles. The standard InChI is InChI=1S/C17H22N2O2S/c1-2-21-14-8-6-13(7-9-14)16-15(22-17(20)18-16)12-19-10-4-3-5-11-19/h6-9H,2-5,10-12H2,1H3,(H,18,20). The predicted octanol–water partition coefficient (Wildman–Crippen LogP) is 3.49. The molecule has 118 valence electrons. The third-order valence-corrected chi connectivity index (χ3v) is 4.86. The van der Waals surface area contributed by atoms with E-state index in [0.717, 1.165) is 41.5 Å². The van der Waals surface area contributed by atoms with Gasteiger partial charge in [-0.25, -0.2) is 0 Å². The van der Waals surface area contributed by atoms with Gasteiger partial charge in [-0.05, 0) is 62.7 Å². The largest absolute Gasteiger partial charge is 0.494 e. The SMILES string of the molecule is CCOc1ccc(-c2[nH]c(=O)sc2CN2CCCCC2)cc1. The van der Waals surface area contributed by atoms with E-state index in [-0.39, 0.29) is 4.87 Å². The maximum atomic E-state index is 11.8. The van der Waals surface area contributed by atoms with E-state index in [1.165, 1.54) is 30.6 Å². The Kier molecular flexibility index (Phi) is 4.95. The van der Waals surface area contributed by atoms with Crippen molar-refractivity contribution in [2.75, 3.05) is 19.7 Å². The average Bonchev–Trinajstić information content (AvgIpc) is 2.90. The van der Waals surface area contributed by atoms with Gasteiger partial charge in [0.05, 0.1) is 12.3 Å². The van der Waals surface area contributed by atoms with Gasteiger partial charge in [0, 0.05) is 11.4 Å². The minimum absolute atomic E-state index is 0.0240. The van der Waals surface area contributed by atoms with Crippen molar-refractivity contribution in [1.82, 2.24) is 9.88 Å².